The van der Waals surface area contributed by atoms with Crippen molar-refractivity contribution in [3.63, 3.8) is 0 Å². The highest BCUT2D eigenvalue weighted by molar-refractivity contribution is 8.14. The third-order valence-electron chi connectivity index (χ3n) is 1.91. The Morgan fingerprint density at radius 2 is 1.86 bits per heavy atom. The smallest absolute Gasteiger partial charge is 0.220 e. The van der Waals surface area contributed by atoms with E-state index < -0.39 is 0 Å². The normalized spacial score (nSPS) is 12.9. The first-order valence-electron chi connectivity index (χ1n) is 4.63. The molecule has 76 valence electrons. The predicted octanol–water partition coefficient (Wildman–Crippen LogP) is 2.50. The number of carbonyl (C=O) groups is 1. The summed E-state index contributed by atoms with van der Waals surface area (Å²) in [5.74, 6) is 0.313. The van der Waals surface area contributed by atoms with Crippen LogP contribution in [0, 0.1) is 5.92 Å². The maximum Gasteiger partial charge on any atom is 0.220 e. The average molecular weight is 209 g/mol. The van der Waals surface area contributed by atoms with Crippen molar-refractivity contribution in [1.29, 1.82) is 0 Å². The average Bonchev–Trinajstić information content (AvgIpc) is 2.19. The van der Waals surface area contributed by atoms with Gasteiger partial charge in [0.1, 0.15) is 0 Å². The maximum atomic E-state index is 11.6. The first kappa shape index (κ1) is 11.3. The first-order valence-corrected chi connectivity index (χ1v) is 5.51. The third-order valence-corrected chi connectivity index (χ3v) is 3.18. The fraction of sp³-hybridized carbons (Fsp3) is 0.364. The summed E-state index contributed by atoms with van der Waals surface area (Å²) in [6, 6.07) is 9.22. The number of hydrogen-bond donors (Lipinski definition) is 1. The standard InChI is InChI=1S/C11H15NOS/c1-8(2)10(12)14-11(13)9-6-4-3-5-7-9/h3-8,10H,12H2,1-2H3. The molecule has 0 aliphatic rings. The summed E-state index contributed by atoms with van der Waals surface area (Å²) < 4.78 is 0. The van der Waals surface area contributed by atoms with Crippen LogP contribution in [-0.2, 0) is 0 Å². The Balaban J connectivity index is 2.60. The molecule has 1 aromatic carbocycles. The van der Waals surface area contributed by atoms with Crippen LogP contribution >= 0.6 is 11.8 Å². The summed E-state index contributed by atoms with van der Waals surface area (Å²) in [7, 11) is 0. The van der Waals surface area contributed by atoms with Crippen LogP contribution in [0.25, 0.3) is 0 Å². The summed E-state index contributed by atoms with van der Waals surface area (Å²) >= 11 is 1.20. The first-order chi connectivity index (χ1) is 6.61. The van der Waals surface area contributed by atoms with Gasteiger partial charge in [0, 0.05) is 5.56 Å². The van der Waals surface area contributed by atoms with Gasteiger partial charge in [-0.15, -0.1) is 0 Å². The van der Waals surface area contributed by atoms with Crippen molar-refractivity contribution in [3.05, 3.63) is 35.9 Å². The number of rotatable bonds is 3. The lowest BCUT2D eigenvalue weighted by molar-refractivity contribution is 0.108. The molecular formula is C11H15NOS. The van der Waals surface area contributed by atoms with Gasteiger partial charge in [-0.25, -0.2) is 0 Å². The van der Waals surface area contributed by atoms with Gasteiger partial charge in [0.05, 0.1) is 5.37 Å². The summed E-state index contributed by atoms with van der Waals surface area (Å²) in [4.78, 5) is 11.6. The molecule has 2 N–H and O–H groups in total. The lowest BCUT2D eigenvalue weighted by atomic mass is 10.2. The second kappa shape index (κ2) is 5.17. The molecule has 14 heavy (non-hydrogen) atoms. The number of thioether (sulfide) groups is 1. The van der Waals surface area contributed by atoms with Crippen molar-refractivity contribution in [1.82, 2.24) is 0 Å². The van der Waals surface area contributed by atoms with Crippen LogP contribution in [-0.4, -0.2) is 10.5 Å². The molecule has 0 aromatic heterocycles. The van der Waals surface area contributed by atoms with Crippen LogP contribution in [0.4, 0.5) is 0 Å². The molecule has 0 aliphatic heterocycles. The maximum absolute atomic E-state index is 11.6. The van der Waals surface area contributed by atoms with Crippen molar-refractivity contribution < 1.29 is 4.79 Å². The van der Waals surface area contributed by atoms with Crippen molar-refractivity contribution in [3.8, 4) is 0 Å². The van der Waals surface area contributed by atoms with E-state index in [0.29, 0.717) is 11.5 Å². The van der Waals surface area contributed by atoms with Gasteiger partial charge in [0.25, 0.3) is 0 Å². The van der Waals surface area contributed by atoms with Crippen molar-refractivity contribution in [2.24, 2.45) is 11.7 Å². The minimum Gasteiger partial charge on any atom is -0.319 e. The zero-order valence-corrected chi connectivity index (χ0v) is 9.25. The van der Waals surface area contributed by atoms with Gasteiger partial charge >= 0.3 is 0 Å². The van der Waals surface area contributed by atoms with E-state index >= 15 is 0 Å². The van der Waals surface area contributed by atoms with E-state index in [0.717, 1.165) is 0 Å². The molecule has 1 unspecified atom stereocenters. The highest BCUT2D eigenvalue weighted by Gasteiger charge is 2.14. The molecule has 3 heteroatoms. The molecule has 1 aromatic rings. The van der Waals surface area contributed by atoms with Gasteiger partial charge in [-0.1, -0.05) is 55.9 Å². The third kappa shape index (κ3) is 3.16. The number of hydrogen-bond acceptors (Lipinski definition) is 3. The second-order valence-electron chi connectivity index (χ2n) is 3.48. The zero-order valence-electron chi connectivity index (χ0n) is 8.44. The molecule has 0 bridgehead atoms. The summed E-state index contributed by atoms with van der Waals surface area (Å²) in [5, 5.41) is -0.0745. The van der Waals surface area contributed by atoms with E-state index in [1.54, 1.807) is 0 Å². The Labute approximate surface area is 88.9 Å². The topological polar surface area (TPSA) is 43.1 Å². The molecular weight excluding hydrogens is 194 g/mol. The lowest BCUT2D eigenvalue weighted by Gasteiger charge is -2.13. The monoisotopic (exact) mass is 209 g/mol. The Morgan fingerprint density at radius 3 is 2.36 bits per heavy atom. The molecule has 0 saturated heterocycles. The molecule has 0 fully saturated rings. The molecule has 0 saturated carbocycles. The van der Waals surface area contributed by atoms with Gasteiger partial charge in [-0.2, -0.15) is 0 Å². The predicted molar refractivity (Wildman–Crippen MR) is 61.2 cm³/mol. The van der Waals surface area contributed by atoms with Crippen LogP contribution < -0.4 is 5.73 Å². The molecule has 0 spiro atoms. The van der Waals surface area contributed by atoms with Crippen LogP contribution in [0.15, 0.2) is 30.3 Å². The summed E-state index contributed by atoms with van der Waals surface area (Å²) in [5.41, 5.74) is 6.51. The number of nitrogens with two attached hydrogens (primary N) is 1. The quantitative estimate of drug-likeness (QED) is 0.778. The van der Waals surface area contributed by atoms with E-state index in [2.05, 4.69) is 0 Å². The van der Waals surface area contributed by atoms with Crippen molar-refractivity contribution in [2.75, 3.05) is 0 Å². The molecule has 0 amide bonds. The molecule has 1 rings (SSSR count). The van der Waals surface area contributed by atoms with Gasteiger partial charge < -0.3 is 5.73 Å². The van der Waals surface area contributed by atoms with Gasteiger partial charge in [-0.05, 0) is 5.92 Å². The Morgan fingerprint density at radius 1 is 1.29 bits per heavy atom. The van der Waals surface area contributed by atoms with Crippen molar-refractivity contribution >= 4 is 16.9 Å². The second-order valence-corrected chi connectivity index (χ2v) is 4.63. The van der Waals surface area contributed by atoms with E-state index in [9.17, 15) is 4.79 Å². The van der Waals surface area contributed by atoms with E-state index in [-0.39, 0.29) is 10.5 Å². The summed E-state index contributed by atoms with van der Waals surface area (Å²) in [6.07, 6.45) is 0. The van der Waals surface area contributed by atoms with E-state index in [4.69, 9.17) is 5.73 Å². The Kier molecular flexibility index (Phi) is 4.17. The molecule has 0 aliphatic carbocycles. The lowest BCUT2D eigenvalue weighted by Crippen LogP contribution is -2.24. The van der Waals surface area contributed by atoms with Crippen LogP contribution in [0.2, 0.25) is 0 Å². The Bertz CT molecular complexity index is 297. The molecule has 2 nitrogen and oxygen atoms in total. The van der Waals surface area contributed by atoms with Crippen LogP contribution in [0.5, 0.6) is 0 Å². The minimum absolute atomic E-state index is 0.0480. The largest absolute Gasteiger partial charge is 0.319 e. The SMILES string of the molecule is CC(C)C(N)SC(=O)c1ccccc1. The van der Waals surface area contributed by atoms with Gasteiger partial charge in [-0.3, -0.25) is 4.79 Å². The Hall–Kier alpha value is -0.800. The fourth-order valence-corrected chi connectivity index (χ4v) is 1.69. The number of carbonyl (C=O) groups excluding carboxylic acids is 1. The van der Waals surface area contributed by atoms with Crippen LogP contribution in [0.3, 0.4) is 0 Å². The van der Waals surface area contributed by atoms with Crippen LogP contribution in [0.1, 0.15) is 24.2 Å². The molecule has 0 heterocycles. The van der Waals surface area contributed by atoms with Crippen molar-refractivity contribution in [2.45, 2.75) is 19.2 Å². The zero-order chi connectivity index (χ0) is 10.6. The van der Waals surface area contributed by atoms with Gasteiger partial charge in [0.2, 0.25) is 5.12 Å². The highest BCUT2D eigenvalue weighted by atomic mass is 32.2. The number of benzene rings is 1. The van der Waals surface area contributed by atoms with E-state index in [1.165, 1.54) is 11.8 Å². The highest BCUT2D eigenvalue weighted by Crippen LogP contribution is 2.19. The minimum atomic E-state index is -0.122. The van der Waals surface area contributed by atoms with Gasteiger partial charge in [0.15, 0.2) is 0 Å². The molecule has 1 atom stereocenters. The summed E-state index contributed by atoms with van der Waals surface area (Å²) in [6.45, 7) is 4.02. The van der Waals surface area contributed by atoms with E-state index in [1.807, 2.05) is 44.2 Å². The molecule has 0 radical (unpaired) electrons. The fourth-order valence-electron chi connectivity index (χ4n) is 0.902.